The molecule has 18 heteroatoms. The number of hydrogen-bond donors (Lipinski definition) is 3. The van der Waals surface area contributed by atoms with Crippen molar-refractivity contribution >= 4 is 7.82 Å². The Bertz CT molecular complexity index is 1630. The molecule has 0 aliphatic carbocycles. The maximum atomic E-state index is 12.4. The van der Waals surface area contributed by atoms with Gasteiger partial charge in [0.25, 0.3) is 11.1 Å². The minimum Gasteiger partial charge on any atom is -0.344 e. The molecule has 4 rings (SSSR count). The summed E-state index contributed by atoms with van der Waals surface area (Å²) in [6.45, 7) is 2.00. The van der Waals surface area contributed by atoms with Crippen LogP contribution in [0, 0.1) is 13.8 Å². The summed E-state index contributed by atoms with van der Waals surface area (Å²) >= 11 is 0. The Morgan fingerprint density at radius 2 is 1.58 bits per heavy atom. The van der Waals surface area contributed by atoms with Crippen LogP contribution in [0.4, 0.5) is 0 Å². The van der Waals surface area contributed by atoms with E-state index < -0.39 is 68.2 Å². The van der Waals surface area contributed by atoms with Crippen molar-refractivity contribution in [3.8, 4) is 0 Å². The smallest absolute Gasteiger partial charge is 0.344 e. The Labute approximate surface area is 211 Å². The number of aromatic amines is 2. The van der Waals surface area contributed by atoms with Gasteiger partial charge in [0, 0.05) is 34.1 Å². The molecule has 17 nitrogen and oxygen atoms in total. The fraction of sp³-hybridized carbons (Fsp3) is 0.400. The average Bonchev–Trinajstić information content (AvgIpc) is 3.49. The molecule has 0 saturated heterocycles. The molecule has 2 aromatic heterocycles. The summed E-state index contributed by atoms with van der Waals surface area (Å²) < 4.78 is 35.8. The van der Waals surface area contributed by atoms with Crippen LogP contribution in [0.25, 0.3) is 10.4 Å². The largest absolute Gasteiger partial charge is 0.472 e. The van der Waals surface area contributed by atoms with Gasteiger partial charge >= 0.3 is 19.2 Å². The Balaban J connectivity index is 1.35. The van der Waals surface area contributed by atoms with E-state index in [1.807, 2.05) is 0 Å². The summed E-state index contributed by atoms with van der Waals surface area (Å²) in [4.78, 5) is 64.4. The van der Waals surface area contributed by atoms with Crippen LogP contribution in [0.15, 0.2) is 60.6 Å². The Kier molecular flexibility index (Phi) is 7.80. The molecule has 0 fully saturated rings. The third-order valence-corrected chi connectivity index (χ3v) is 6.49. The van der Waals surface area contributed by atoms with Crippen LogP contribution in [-0.2, 0) is 23.1 Å². The van der Waals surface area contributed by atoms with Gasteiger partial charge in [0.1, 0.15) is 12.2 Å². The van der Waals surface area contributed by atoms with Crippen molar-refractivity contribution in [1.82, 2.24) is 19.1 Å². The molecule has 202 valence electrons. The summed E-state index contributed by atoms with van der Waals surface area (Å²) in [5.74, 6) is 0. The van der Waals surface area contributed by atoms with Crippen molar-refractivity contribution in [3.63, 3.8) is 0 Å². The van der Waals surface area contributed by atoms with Crippen LogP contribution >= 0.6 is 7.82 Å². The van der Waals surface area contributed by atoms with Gasteiger partial charge in [0.15, 0.2) is 12.5 Å². The van der Waals surface area contributed by atoms with Gasteiger partial charge in [-0.05, 0) is 31.5 Å². The lowest BCUT2D eigenvalue weighted by Crippen LogP contribution is -2.33. The average molecular weight is 551 g/mol. The van der Waals surface area contributed by atoms with Crippen LogP contribution in [0.5, 0.6) is 0 Å². The lowest BCUT2D eigenvalue weighted by molar-refractivity contribution is -0.0268. The number of aryl methyl sites for hydroxylation is 2. The number of rotatable bonds is 9. The number of hydrogen-bond acceptors (Lipinski definition) is 10. The second kappa shape index (κ2) is 10.9. The van der Waals surface area contributed by atoms with Crippen LogP contribution in [0.1, 0.15) is 23.6 Å². The molecule has 0 amide bonds. The van der Waals surface area contributed by atoms with Crippen molar-refractivity contribution in [2.45, 2.75) is 38.5 Å². The Hall–Kier alpha value is -3.82. The van der Waals surface area contributed by atoms with Crippen molar-refractivity contribution in [2.24, 2.45) is 5.11 Å². The highest BCUT2D eigenvalue weighted by Crippen LogP contribution is 2.45. The van der Waals surface area contributed by atoms with Gasteiger partial charge in [-0.25, -0.2) is 14.2 Å². The first-order valence-corrected chi connectivity index (χ1v) is 12.5. The van der Waals surface area contributed by atoms with Crippen LogP contribution in [0.2, 0.25) is 0 Å². The lowest BCUT2D eigenvalue weighted by atomic mass is 10.3. The molecule has 0 spiro atoms. The first kappa shape index (κ1) is 27.2. The predicted molar refractivity (Wildman–Crippen MR) is 128 cm³/mol. The number of nitrogens with zero attached hydrogens (tertiary/aromatic N) is 5. The van der Waals surface area contributed by atoms with Gasteiger partial charge in [0.05, 0.1) is 13.2 Å². The fourth-order valence-electron chi connectivity index (χ4n) is 3.61. The highest BCUT2D eigenvalue weighted by atomic mass is 31.2. The molecule has 0 saturated carbocycles. The molecule has 2 aliphatic rings. The number of azide groups is 1. The second-order valence-corrected chi connectivity index (χ2v) is 9.72. The van der Waals surface area contributed by atoms with Crippen LogP contribution < -0.4 is 22.5 Å². The second-order valence-electron chi connectivity index (χ2n) is 8.26. The minimum atomic E-state index is -4.66. The van der Waals surface area contributed by atoms with E-state index in [2.05, 4.69) is 20.0 Å². The Morgan fingerprint density at radius 1 is 1.00 bits per heavy atom. The molecule has 3 N–H and O–H groups in total. The van der Waals surface area contributed by atoms with Gasteiger partial charge in [-0.3, -0.25) is 37.7 Å². The zero-order valence-corrected chi connectivity index (χ0v) is 20.8. The van der Waals surface area contributed by atoms with Crippen LogP contribution in [-0.4, -0.2) is 49.4 Å². The van der Waals surface area contributed by atoms with Crippen molar-refractivity contribution in [3.05, 3.63) is 99.6 Å². The predicted octanol–water partition coefficient (Wildman–Crippen LogP) is 0.382. The number of phosphoric ester groups is 1. The van der Waals surface area contributed by atoms with Gasteiger partial charge in [0.2, 0.25) is 0 Å². The number of aromatic nitrogens is 4. The third kappa shape index (κ3) is 6.00. The van der Waals surface area contributed by atoms with E-state index in [1.54, 1.807) is 0 Å². The van der Waals surface area contributed by atoms with E-state index in [0.717, 1.165) is 9.13 Å². The molecule has 0 aromatic carbocycles. The minimum absolute atomic E-state index is 0.0141. The molecule has 38 heavy (non-hydrogen) atoms. The molecule has 4 heterocycles. The van der Waals surface area contributed by atoms with E-state index >= 15 is 0 Å². The highest BCUT2D eigenvalue weighted by Gasteiger charge is 2.33. The molecule has 0 bridgehead atoms. The molecule has 2 aromatic rings. The van der Waals surface area contributed by atoms with Gasteiger partial charge in [-0.15, -0.1) is 0 Å². The maximum absolute atomic E-state index is 12.4. The topological polar surface area (TPSA) is 233 Å². The SMILES string of the molecule is Cc1cn([C@H]2C=C[C@@H](COP(=O)(O)OC[C@H]3O[C@@H](n4cc(C)c(=O)[nH]c4=O)C=C3N=[N+]=[N-])O2)c(=O)[nH]c1=O. The first-order chi connectivity index (χ1) is 18.0. The summed E-state index contributed by atoms with van der Waals surface area (Å²) in [7, 11) is -4.66. The molecule has 1 unspecified atom stereocenters. The zero-order chi connectivity index (χ0) is 27.6. The molecule has 5 atom stereocenters. The monoisotopic (exact) mass is 551 g/mol. The van der Waals surface area contributed by atoms with E-state index in [0.29, 0.717) is 5.56 Å². The van der Waals surface area contributed by atoms with E-state index in [9.17, 15) is 28.6 Å². The van der Waals surface area contributed by atoms with Crippen molar-refractivity contribution < 1.29 is 28.0 Å². The van der Waals surface area contributed by atoms with Crippen LogP contribution in [0.3, 0.4) is 0 Å². The van der Waals surface area contributed by atoms with Crippen molar-refractivity contribution in [2.75, 3.05) is 13.2 Å². The molecule has 2 aliphatic heterocycles. The van der Waals surface area contributed by atoms with E-state index in [-0.39, 0.29) is 11.3 Å². The number of H-pyrrole nitrogens is 2. The molecular formula is C20H22N7O10P. The maximum Gasteiger partial charge on any atom is 0.472 e. The van der Waals surface area contributed by atoms with Gasteiger partial charge in [-0.2, -0.15) is 0 Å². The number of nitrogens with one attached hydrogen (secondary N) is 2. The molecule has 0 radical (unpaired) electrons. The van der Waals surface area contributed by atoms with E-state index in [1.165, 1.54) is 44.5 Å². The normalized spacial score (nSPS) is 24.1. The summed E-state index contributed by atoms with van der Waals surface area (Å²) in [5, 5.41) is 3.47. The lowest BCUT2D eigenvalue weighted by Gasteiger charge is -2.20. The fourth-order valence-corrected chi connectivity index (χ4v) is 4.34. The van der Waals surface area contributed by atoms with E-state index in [4.69, 9.17) is 24.1 Å². The zero-order valence-electron chi connectivity index (χ0n) is 19.9. The first-order valence-electron chi connectivity index (χ1n) is 11.0. The van der Waals surface area contributed by atoms with Gasteiger partial charge < -0.3 is 14.4 Å². The summed E-state index contributed by atoms with van der Waals surface area (Å²) in [6, 6.07) is 0. The molecular weight excluding hydrogens is 529 g/mol. The van der Waals surface area contributed by atoms with Crippen molar-refractivity contribution in [1.29, 1.82) is 0 Å². The quantitative estimate of drug-likeness (QED) is 0.127. The summed E-state index contributed by atoms with van der Waals surface area (Å²) in [5.41, 5.74) is 6.78. The number of ether oxygens (including phenoxy) is 2. The summed E-state index contributed by atoms with van der Waals surface area (Å²) in [6.07, 6.45) is 3.00. The standard InChI is InChI=1S/C20H22N7O10P/c1-10-6-26(19(30)22-17(10)28)15-4-3-12(36-15)8-34-38(32,33)35-9-14-13(24-25-21)5-16(37-14)27-7-11(2)18(29)23-20(27)31/h3-7,12,14-16H,8-9H2,1-2H3,(H,32,33)(H,22,28,30)(H,23,29,31)/t12-,14+,15+,16+/m0/s1. The number of phosphoric acid groups is 1. The van der Waals surface area contributed by atoms with Gasteiger partial charge in [-0.1, -0.05) is 11.2 Å². The third-order valence-electron chi connectivity index (χ3n) is 5.54. The Morgan fingerprint density at radius 3 is 2.18 bits per heavy atom. The highest BCUT2D eigenvalue weighted by molar-refractivity contribution is 7.47.